The van der Waals surface area contributed by atoms with Crippen molar-refractivity contribution < 1.29 is 24.2 Å². The molecule has 2 amide bonds. The Balaban J connectivity index is 1.43. The Kier molecular flexibility index (Phi) is 8.36. The summed E-state index contributed by atoms with van der Waals surface area (Å²) >= 11 is 5.33. The standard InChI is InChI=1S/C31H34BrN5O5S/c1-3-14-35(18-36-23-13-9-8-12-22(23)33-34-36)29(40)27-31-16-21(32)26(43-31)24(30(41)42-4-2)25(31)28(39)37(27)20(17-38)15-19-10-6-5-7-11-19/h3,5-13,20-21,24-27,38H,1,4,14-18H2,2H3/t20-,21?,24-,25+,26-,27?,31?/m1/s1. The van der Waals surface area contributed by atoms with Gasteiger partial charge in [-0.2, -0.15) is 0 Å². The maximum absolute atomic E-state index is 14.9. The van der Waals surface area contributed by atoms with Gasteiger partial charge in [-0.1, -0.05) is 69.7 Å². The van der Waals surface area contributed by atoms with Crippen LogP contribution in [0.1, 0.15) is 18.9 Å². The van der Waals surface area contributed by atoms with Crippen molar-refractivity contribution in [3.8, 4) is 0 Å². The Hall–Kier alpha value is -3.22. The molecule has 7 atom stereocenters. The lowest BCUT2D eigenvalue weighted by atomic mass is 9.71. The van der Waals surface area contributed by atoms with Gasteiger partial charge < -0.3 is 19.6 Å². The fourth-order valence-electron chi connectivity index (χ4n) is 7.11. The predicted octanol–water partition coefficient (Wildman–Crippen LogP) is 3.03. The van der Waals surface area contributed by atoms with Gasteiger partial charge in [0.2, 0.25) is 11.8 Å². The molecule has 43 heavy (non-hydrogen) atoms. The number of esters is 1. The minimum Gasteiger partial charge on any atom is -0.466 e. The van der Waals surface area contributed by atoms with Crippen LogP contribution in [0.5, 0.6) is 0 Å². The molecule has 2 bridgehead atoms. The average molecular weight is 669 g/mol. The number of hydrogen-bond donors (Lipinski definition) is 1. The Labute approximate surface area is 262 Å². The number of likely N-dealkylation sites (tertiary alicyclic amines) is 1. The molecule has 3 fully saturated rings. The number of rotatable bonds is 11. The number of fused-ring (bicyclic) bond motifs is 2. The van der Waals surface area contributed by atoms with Gasteiger partial charge in [0.15, 0.2) is 0 Å². The number of carbonyl (C=O) groups excluding carboxylic acids is 3. The number of amides is 2. The first-order valence-corrected chi connectivity index (χ1v) is 16.3. The lowest BCUT2D eigenvalue weighted by Crippen LogP contribution is -2.58. The van der Waals surface area contributed by atoms with E-state index in [2.05, 4.69) is 32.8 Å². The maximum Gasteiger partial charge on any atom is 0.310 e. The number of aromatic nitrogens is 3. The summed E-state index contributed by atoms with van der Waals surface area (Å²) in [4.78, 5) is 45.9. The maximum atomic E-state index is 14.9. The molecule has 3 aliphatic heterocycles. The molecule has 1 aromatic heterocycles. The number of aliphatic hydroxyl groups is 1. The molecule has 0 radical (unpaired) electrons. The molecule has 3 aliphatic rings. The molecule has 0 saturated carbocycles. The molecule has 2 aromatic carbocycles. The first kappa shape index (κ1) is 29.8. The number of carbonyl (C=O) groups is 3. The summed E-state index contributed by atoms with van der Waals surface area (Å²) in [6.45, 7) is 5.81. The Morgan fingerprint density at radius 1 is 1.26 bits per heavy atom. The van der Waals surface area contributed by atoms with Crippen LogP contribution in [0, 0.1) is 11.8 Å². The monoisotopic (exact) mass is 667 g/mol. The van der Waals surface area contributed by atoms with E-state index in [1.54, 1.807) is 39.2 Å². The summed E-state index contributed by atoms with van der Waals surface area (Å²) in [5.41, 5.74) is 2.41. The van der Waals surface area contributed by atoms with Crippen LogP contribution < -0.4 is 0 Å². The van der Waals surface area contributed by atoms with E-state index < -0.39 is 34.6 Å². The highest BCUT2D eigenvalue weighted by Crippen LogP contribution is 2.68. The van der Waals surface area contributed by atoms with E-state index >= 15 is 0 Å². The van der Waals surface area contributed by atoms with Crippen LogP contribution in [-0.2, 0) is 32.2 Å². The van der Waals surface area contributed by atoms with E-state index in [9.17, 15) is 19.5 Å². The van der Waals surface area contributed by atoms with Gasteiger partial charge in [0.05, 0.1) is 41.4 Å². The molecule has 6 rings (SSSR count). The van der Waals surface area contributed by atoms with Crippen molar-refractivity contribution in [1.82, 2.24) is 24.8 Å². The summed E-state index contributed by atoms with van der Waals surface area (Å²) in [5.74, 6) is -2.42. The number of aliphatic hydroxyl groups excluding tert-OH is 1. The van der Waals surface area contributed by atoms with Crippen molar-refractivity contribution >= 4 is 56.5 Å². The summed E-state index contributed by atoms with van der Waals surface area (Å²) in [6, 6.07) is 15.5. The zero-order chi connectivity index (χ0) is 30.3. The molecule has 226 valence electrons. The van der Waals surface area contributed by atoms with Crippen LogP contribution in [0.2, 0.25) is 0 Å². The number of ether oxygens (including phenoxy) is 1. The summed E-state index contributed by atoms with van der Waals surface area (Å²) in [7, 11) is 0. The van der Waals surface area contributed by atoms with Gasteiger partial charge >= 0.3 is 5.97 Å². The summed E-state index contributed by atoms with van der Waals surface area (Å²) in [5, 5.41) is 19.0. The molecule has 1 spiro atoms. The third-order valence-corrected chi connectivity index (χ3v) is 12.0. The van der Waals surface area contributed by atoms with Crippen molar-refractivity contribution in [1.29, 1.82) is 0 Å². The van der Waals surface area contributed by atoms with Crippen LogP contribution in [0.3, 0.4) is 0 Å². The molecule has 12 heteroatoms. The second-order valence-corrected chi connectivity index (χ2v) is 14.0. The molecule has 3 aromatic rings. The van der Waals surface area contributed by atoms with Gasteiger partial charge in [-0.15, -0.1) is 23.4 Å². The fraction of sp³-hybridized carbons (Fsp3) is 0.452. The minimum atomic E-state index is -0.921. The highest BCUT2D eigenvalue weighted by Gasteiger charge is 2.76. The van der Waals surface area contributed by atoms with Gasteiger partial charge in [-0.05, 0) is 37.5 Å². The highest BCUT2D eigenvalue weighted by molar-refractivity contribution is 9.09. The van der Waals surface area contributed by atoms with E-state index in [-0.39, 0.29) is 48.3 Å². The van der Waals surface area contributed by atoms with Gasteiger partial charge in [-0.3, -0.25) is 14.4 Å². The van der Waals surface area contributed by atoms with Crippen LogP contribution >= 0.6 is 27.7 Å². The van der Waals surface area contributed by atoms with Gasteiger partial charge in [0.1, 0.15) is 18.2 Å². The average Bonchev–Trinajstić information content (AvgIpc) is 3.73. The number of alkyl halides is 1. The zero-order valence-corrected chi connectivity index (χ0v) is 26.2. The van der Waals surface area contributed by atoms with Crippen LogP contribution in [0.25, 0.3) is 11.0 Å². The molecule has 0 aliphatic carbocycles. The first-order chi connectivity index (χ1) is 20.8. The predicted molar refractivity (Wildman–Crippen MR) is 166 cm³/mol. The lowest BCUT2D eigenvalue weighted by molar-refractivity contribution is -0.154. The van der Waals surface area contributed by atoms with Gasteiger partial charge in [0.25, 0.3) is 0 Å². The van der Waals surface area contributed by atoms with Crippen molar-refractivity contribution in [2.45, 2.75) is 53.3 Å². The van der Waals surface area contributed by atoms with E-state index in [1.807, 2.05) is 54.6 Å². The molecule has 10 nitrogen and oxygen atoms in total. The largest absolute Gasteiger partial charge is 0.466 e. The number of benzene rings is 2. The normalized spacial score (nSPS) is 28.2. The number of nitrogens with zero attached hydrogens (tertiary/aromatic N) is 5. The van der Waals surface area contributed by atoms with E-state index in [1.165, 1.54) is 0 Å². The second-order valence-electron chi connectivity index (χ2n) is 11.3. The Morgan fingerprint density at radius 2 is 2.00 bits per heavy atom. The number of halogens is 1. The molecule has 3 saturated heterocycles. The first-order valence-electron chi connectivity index (χ1n) is 14.5. The lowest BCUT2D eigenvalue weighted by Gasteiger charge is -2.39. The Morgan fingerprint density at radius 3 is 2.72 bits per heavy atom. The van der Waals surface area contributed by atoms with Gasteiger partial charge in [0, 0.05) is 16.6 Å². The van der Waals surface area contributed by atoms with Crippen LogP contribution in [0.4, 0.5) is 0 Å². The summed E-state index contributed by atoms with van der Waals surface area (Å²) in [6.07, 6.45) is 2.54. The zero-order valence-electron chi connectivity index (χ0n) is 23.8. The number of thioether (sulfide) groups is 1. The highest BCUT2D eigenvalue weighted by atomic mass is 79.9. The van der Waals surface area contributed by atoms with Crippen molar-refractivity contribution in [3.63, 3.8) is 0 Å². The van der Waals surface area contributed by atoms with E-state index in [0.717, 1.165) is 11.1 Å². The third kappa shape index (κ3) is 4.97. The van der Waals surface area contributed by atoms with Gasteiger partial charge in [-0.25, -0.2) is 4.68 Å². The molecule has 4 heterocycles. The fourth-order valence-corrected chi connectivity index (χ4v) is 10.7. The molecule has 1 N–H and O–H groups in total. The Bertz CT molecular complexity index is 1540. The third-order valence-electron chi connectivity index (χ3n) is 8.82. The molecular weight excluding hydrogens is 634 g/mol. The summed E-state index contributed by atoms with van der Waals surface area (Å²) < 4.78 is 6.25. The van der Waals surface area contributed by atoms with Crippen LogP contribution in [-0.4, -0.2) is 94.4 Å². The van der Waals surface area contributed by atoms with E-state index in [4.69, 9.17) is 4.74 Å². The smallest absolute Gasteiger partial charge is 0.310 e. The SMILES string of the molecule is C=CCN(Cn1nnc2ccccc21)C(=O)C1N([C@@H](CO)Cc2ccccc2)C(=O)[C@@H]2[C@@H](C(=O)OCC)[C@@H]3SC12CC3Br. The molecule has 3 unspecified atom stereocenters. The molecular formula is C31H34BrN5O5S. The van der Waals surface area contributed by atoms with Crippen molar-refractivity contribution in [2.24, 2.45) is 11.8 Å². The number of para-hydroxylation sites is 1. The topological polar surface area (TPSA) is 118 Å². The van der Waals surface area contributed by atoms with Crippen molar-refractivity contribution in [3.05, 3.63) is 72.8 Å². The minimum absolute atomic E-state index is 0.0833. The van der Waals surface area contributed by atoms with Crippen molar-refractivity contribution in [2.75, 3.05) is 19.8 Å². The second kappa shape index (κ2) is 12.0. The van der Waals surface area contributed by atoms with Crippen LogP contribution in [0.15, 0.2) is 67.3 Å². The number of hydrogen-bond acceptors (Lipinski definition) is 8. The quantitative estimate of drug-likeness (QED) is 0.188. The van der Waals surface area contributed by atoms with E-state index in [0.29, 0.717) is 18.4 Å².